The minimum absolute atomic E-state index is 0.280. The van der Waals surface area contributed by atoms with Gasteiger partial charge in [0.2, 0.25) is 0 Å². The highest BCUT2D eigenvalue weighted by atomic mass is 19.4. The van der Waals surface area contributed by atoms with Gasteiger partial charge in [-0.15, -0.1) is 18.3 Å². The lowest BCUT2D eigenvalue weighted by molar-refractivity contribution is -0.274. The zero-order valence-corrected chi connectivity index (χ0v) is 14.0. The van der Waals surface area contributed by atoms with E-state index in [2.05, 4.69) is 14.8 Å². The van der Waals surface area contributed by atoms with Crippen LogP contribution in [0.25, 0.3) is 17.1 Å². The predicted molar refractivity (Wildman–Crippen MR) is 91.9 cm³/mol. The number of nitrogens with zero attached hydrogens (tertiary/aromatic N) is 3. The molecule has 26 heavy (non-hydrogen) atoms. The number of aryl methyl sites for hydroxylation is 1. The van der Waals surface area contributed by atoms with E-state index in [1.165, 1.54) is 24.3 Å². The number of halogens is 3. The van der Waals surface area contributed by atoms with Crippen LogP contribution < -0.4 is 10.5 Å². The lowest BCUT2D eigenvalue weighted by atomic mass is 10.2. The number of aromatic nitrogens is 3. The Kier molecular flexibility index (Phi) is 4.83. The topological polar surface area (TPSA) is 66.0 Å². The number of benzene rings is 2. The van der Waals surface area contributed by atoms with Crippen LogP contribution in [0.5, 0.6) is 5.75 Å². The fourth-order valence-corrected chi connectivity index (χ4v) is 2.48. The van der Waals surface area contributed by atoms with Crippen molar-refractivity contribution >= 4 is 5.69 Å². The van der Waals surface area contributed by atoms with E-state index in [4.69, 9.17) is 5.73 Å². The first-order chi connectivity index (χ1) is 12.4. The zero-order chi connectivity index (χ0) is 18.7. The Balaban J connectivity index is 1.94. The van der Waals surface area contributed by atoms with Crippen molar-refractivity contribution in [2.24, 2.45) is 0 Å². The van der Waals surface area contributed by atoms with Gasteiger partial charge < -0.3 is 10.5 Å². The molecule has 2 aromatic carbocycles. The van der Waals surface area contributed by atoms with Gasteiger partial charge in [0.15, 0.2) is 5.82 Å². The maximum Gasteiger partial charge on any atom is 0.573 e. The first-order valence-electron chi connectivity index (χ1n) is 8.04. The molecule has 0 amide bonds. The van der Waals surface area contributed by atoms with E-state index in [-0.39, 0.29) is 5.75 Å². The van der Waals surface area contributed by atoms with Crippen LogP contribution in [0, 0.1) is 0 Å². The molecule has 1 aromatic heterocycles. The van der Waals surface area contributed by atoms with E-state index in [1.54, 1.807) is 16.8 Å². The quantitative estimate of drug-likeness (QED) is 0.685. The summed E-state index contributed by atoms with van der Waals surface area (Å²) in [5.74, 6) is 0.977. The van der Waals surface area contributed by atoms with Crippen LogP contribution in [0.3, 0.4) is 0 Å². The molecule has 0 aliphatic rings. The van der Waals surface area contributed by atoms with Crippen LogP contribution >= 0.6 is 0 Å². The van der Waals surface area contributed by atoms with Gasteiger partial charge in [0.1, 0.15) is 11.6 Å². The second-order valence-corrected chi connectivity index (χ2v) is 5.68. The molecule has 0 saturated carbocycles. The van der Waals surface area contributed by atoms with Crippen molar-refractivity contribution in [1.82, 2.24) is 14.8 Å². The third-order valence-electron chi connectivity index (χ3n) is 3.63. The number of anilines is 1. The predicted octanol–water partition coefficient (Wildman–Crippen LogP) is 4.37. The van der Waals surface area contributed by atoms with Crippen molar-refractivity contribution in [1.29, 1.82) is 0 Å². The molecule has 0 unspecified atom stereocenters. The number of hydrogen-bond acceptors (Lipinski definition) is 4. The summed E-state index contributed by atoms with van der Waals surface area (Å²) >= 11 is 0. The Bertz CT molecular complexity index is 871. The summed E-state index contributed by atoms with van der Waals surface area (Å²) in [5, 5.41) is 4.50. The van der Waals surface area contributed by atoms with Gasteiger partial charge in [-0.1, -0.05) is 6.92 Å². The fourth-order valence-electron chi connectivity index (χ4n) is 2.48. The van der Waals surface area contributed by atoms with Gasteiger partial charge in [0.25, 0.3) is 0 Å². The second-order valence-electron chi connectivity index (χ2n) is 5.68. The number of hydrogen-bond donors (Lipinski definition) is 1. The van der Waals surface area contributed by atoms with E-state index in [1.807, 2.05) is 19.1 Å². The molecule has 0 radical (unpaired) electrons. The van der Waals surface area contributed by atoms with Gasteiger partial charge in [-0.05, 0) is 55.0 Å². The molecule has 0 aliphatic heterocycles. The van der Waals surface area contributed by atoms with Crippen molar-refractivity contribution in [2.75, 3.05) is 5.73 Å². The zero-order valence-electron chi connectivity index (χ0n) is 14.0. The van der Waals surface area contributed by atoms with Gasteiger partial charge in [-0.2, -0.15) is 0 Å². The van der Waals surface area contributed by atoms with Gasteiger partial charge in [0.05, 0.1) is 5.69 Å². The van der Waals surface area contributed by atoms with E-state index in [0.29, 0.717) is 23.6 Å². The summed E-state index contributed by atoms with van der Waals surface area (Å²) in [6.07, 6.45) is -3.18. The van der Waals surface area contributed by atoms with Gasteiger partial charge in [-0.3, -0.25) is 0 Å². The van der Waals surface area contributed by atoms with E-state index >= 15 is 0 Å². The monoisotopic (exact) mass is 362 g/mol. The molecule has 0 fully saturated rings. The van der Waals surface area contributed by atoms with Gasteiger partial charge in [-0.25, -0.2) is 9.67 Å². The molecule has 2 N–H and O–H groups in total. The standard InChI is InChI=1S/C18H17F3N4O/c1-2-3-16-23-17(12-4-6-13(22)7-5-12)24-25(16)14-8-10-15(11-9-14)26-18(19,20)21/h4-11H,2-3,22H2,1H3. The van der Waals surface area contributed by atoms with E-state index in [0.717, 1.165) is 17.8 Å². The Morgan fingerprint density at radius 2 is 1.69 bits per heavy atom. The third kappa shape index (κ3) is 4.14. The van der Waals surface area contributed by atoms with Crippen molar-refractivity contribution in [3.05, 3.63) is 54.4 Å². The van der Waals surface area contributed by atoms with Crippen LogP contribution in [0.1, 0.15) is 19.2 Å². The molecule has 0 bridgehead atoms. The molecule has 0 aliphatic carbocycles. The molecule has 3 aromatic rings. The molecule has 8 heteroatoms. The molecule has 1 heterocycles. The molecule has 136 valence electrons. The second kappa shape index (κ2) is 7.07. The van der Waals surface area contributed by atoms with Crippen molar-refractivity contribution in [3.63, 3.8) is 0 Å². The van der Waals surface area contributed by atoms with Gasteiger partial charge in [0, 0.05) is 17.7 Å². The SMILES string of the molecule is CCCc1nc(-c2ccc(N)cc2)nn1-c1ccc(OC(F)(F)F)cc1. The van der Waals surface area contributed by atoms with Gasteiger partial charge >= 0.3 is 6.36 Å². The smallest absolute Gasteiger partial charge is 0.406 e. The summed E-state index contributed by atoms with van der Waals surface area (Å²) in [5.41, 5.74) is 7.76. The lowest BCUT2D eigenvalue weighted by Gasteiger charge is -2.10. The minimum Gasteiger partial charge on any atom is -0.406 e. The number of rotatable bonds is 5. The van der Waals surface area contributed by atoms with Crippen LogP contribution in [-0.2, 0) is 6.42 Å². The average molecular weight is 362 g/mol. The van der Waals surface area contributed by atoms with Crippen molar-refractivity contribution in [3.8, 4) is 22.8 Å². The Morgan fingerprint density at radius 3 is 2.27 bits per heavy atom. The number of ether oxygens (including phenoxy) is 1. The molecule has 0 saturated heterocycles. The first-order valence-corrected chi connectivity index (χ1v) is 8.04. The summed E-state index contributed by atoms with van der Waals surface area (Å²) in [6, 6.07) is 12.7. The minimum atomic E-state index is -4.72. The maximum atomic E-state index is 12.3. The third-order valence-corrected chi connectivity index (χ3v) is 3.63. The number of nitrogens with two attached hydrogens (primary N) is 1. The Labute approximate surface area is 148 Å². The summed E-state index contributed by atoms with van der Waals surface area (Å²) < 4.78 is 42.4. The van der Waals surface area contributed by atoms with E-state index in [9.17, 15) is 13.2 Å². The first kappa shape index (κ1) is 17.8. The highest BCUT2D eigenvalue weighted by Gasteiger charge is 2.31. The summed E-state index contributed by atoms with van der Waals surface area (Å²) in [7, 11) is 0. The average Bonchev–Trinajstić information content (AvgIpc) is 2.99. The lowest BCUT2D eigenvalue weighted by Crippen LogP contribution is -2.17. The van der Waals surface area contributed by atoms with Crippen molar-refractivity contribution in [2.45, 2.75) is 26.1 Å². The largest absolute Gasteiger partial charge is 0.573 e. The summed E-state index contributed by atoms with van der Waals surface area (Å²) in [4.78, 5) is 4.56. The highest BCUT2D eigenvalue weighted by Crippen LogP contribution is 2.25. The Morgan fingerprint density at radius 1 is 1.04 bits per heavy atom. The fraction of sp³-hybridized carbons (Fsp3) is 0.222. The molecule has 0 atom stereocenters. The number of alkyl halides is 3. The molecule has 3 rings (SSSR count). The van der Waals surface area contributed by atoms with Crippen molar-refractivity contribution < 1.29 is 17.9 Å². The normalized spacial score (nSPS) is 11.5. The highest BCUT2D eigenvalue weighted by molar-refractivity contribution is 5.58. The number of nitrogen functional groups attached to an aromatic ring is 1. The van der Waals surface area contributed by atoms with E-state index < -0.39 is 6.36 Å². The van der Waals surface area contributed by atoms with Crippen LogP contribution in [-0.4, -0.2) is 21.1 Å². The summed E-state index contributed by atoms with van der Waals surface area (Å²) in [6.45, 7) is 2.02. The molecule has 0 spiro atoms. The maximum absolute atomic E-state index is 12.3. The molecular weight excluding hydrogens is 345 g/mol. The van der Waals surface area contributed by atoms with Crippen LogP contribution in [0.2, 0.25) is 0 Å². The Hall–Kier alpha value is -3.03. The molecule has 5 nitrogen and oxygen atoms in total. The van der Waals surface area contributed by atoms with Crippen LogP contribution in [0.15, 0.2) is 48.5 Å². The van der Waals surface area contributed by atoms with Crippen LogP contribution in [0.4, 0.5) is 18.9 Å². The molecular formula is C18H17F3N4O.